The van der Waals surface area contributed by atoms with Crippen LogP contribution in [0, 0.1) is 6.92 Å². The summed E-state index contributed by atoms with van der Waals surface area (Å²) in [6, 6.07) is 0. The molecule has 1 aliphatic rings. The fraction of sp³-hybridized carbons (Fsp3) is 0.583. The minimum Gasteiger partial charge on any atom is -0.379 e. The van der Waals surface area contributed by atoms with E-state index < -0.39 is 0 Å². The summed E-state index contributed by atoms with van der Waals surface area (Å²) in [6.45, 7) is 4.04. The van der Waals surface area contributed by atoms with Gasteiger partial charge in [-0.2, -0.15) is 0 Å². The Balaban J connectivity index is 1.72. The predicted molar refractivity (Wildman–Crippen MR) is 66.0 cm³/mol. The lowest BCUT2D eigenvalue weighted by Crippen LogP contribution is -2.24. The van der Waals surface area contributed by atoms with Crippen molar-refractivity contribution in [1.29, 1.82) is 0 Å². The monoisotopic (exact) mass is 265 g/mol. The third-order valence-corrected chi connectivity index (χ3v) is 3.21. The fourth-order valence-corrected chi connectivity index (χ4v) is 2.13. The molecule has 0 saturated carbocycles. The second-order valence-corrected chi connectivity index (χ2v) is 4.55. The zero-order valence-corrected chi connectivity index (χ0v) is 10.7. The maximum atomic E-state index is 12.2. The molecule has 3 heterocycles. The van der Waals surface area contributed by atoms with E-state index in [0.717, 1.165) is 13.0 Å². The van der Waals surface area contributed by atoms with E-state index in [0.29, 0.717) is 30.8 Å². The highest BCUT2D eigenvalue weighted by molar-refractivity contribution is 5.73. The lowest BCUT2D eigenvalue weighted by Gasteiger charge is -2.10. The van der Waals surface area contributed by atoms with Crippen molar-refractivity contribution >= 4 is 11.1 Å². The topological polar surface area (TPSA) is 79.4 Å². The van der Waals surface area contributed by atoms with E-state index in [1.807, 2.05) is 0 Å². The van der Waals surface area contributed by atoms with Crippen LogP contribution < -0.4 is 5.56 Å². The van der Waals surface area contributed by atoms with Gasteiger partial charge in [-0.3, -0.25) is 9.36 Å². The Hall–Kier alpha value is -1.73. The van der Waals surface area contributed by atoms with Gasteiger partial charge in [-0.1, -0.05) is 5.16 Å². The molecule has 0 amide bonds. The van der Waals surface area contributed by atoms with Crippen molar-refractivity contribution in [3.8, 4) is 0 Å². The summed E-state index contributed by atoms with van der Waals surface area (Å²) in [4.78, 5) is 16.2. The Morgan fingerprint density at radius 1 is 1.58 bits per heavy atom. The van der Waals surface area contributed by atoms with E-state index in [1.54, 1.807) is 6.92 Å². The minimum absolute atomic E-state index is 0.143. The molecule has 1 saturated heterocycles. The molecular formula is C12H15N3O4. The van der Waals surface area contributed by atoms with Crippen LogP contribution in [0.4, 0.5) is 0 Å². The van der Waals surface area contributed by atoms with Gasteiger partial charge in [0, 0.05) is 6.61 Å². The van der Waals surface area contributed by atoms with Crippen molar-refractivity contribution < 1.29 is 14.0 Å². The van der Waals surface area contributed by atoms with Gasteiger partial charge in [-0.15, -0.1) is 0 Å². The predicted octanol–water partition coefficient (Wildman–Crippen LogP) is 0.498. The van der Waals surface area contributed by atoms with Crippen LogP contribution >= 0.6 is 0 Å². The molecule has 7 nitrogen and oxygen atoms in total. The summed E-state index contributed by atoms with van der Waals surface area (Å²) < 4.78 is 17.3. The lowest BCUT2D eigenvalue weighted by molar-refractivity contribution is 0.0380. The van der Waals surface area contributed by atoms with Crippen LogP contribution in [0.15, 0.2) is 15.6 Å². The molecule has 1 atom stereocenters. The van der Waals surface area contributed by atoms with Gasteiger partial charge < -0.3 is 14.0 Å². The number of nitrogens with zero attached hydrogens (tertiary/aromatic N) is 3. The quantitative estimate of drug-likeness (QED) is 0.800. The molecule has 2 aromatic rings. The smallest absolute Gasteiger partial charge is 0.266 e. The number of fused-ring (bicyclic) bond motifs is 1. The van der Waals surface area contributed by atoms with E-state index in [4.69, 9.17) is 14.0 Å². The Kier molecular flexibility index (Phi) is 3.31. The average Bonchev–Trinajstić information content (AvgIpc) is 3.03. The number of ether oxygens (including phenoxy) is 2. The molecule has 0 aromatic carbocycles. The third-order valence-electron chi connectivity index (χ3n) is 3.21. The molecule has 102 valence electrons. The van der Waals surface area contributed by atoms with Gasteiger partial charge in [-0.25, -0.2) is 4.98 Å². The van der Waals surface area contributed by atoms with Crippen LogP contribution in [-0.4, -0.2) is 40.6 Å². The normalized spacial score (nSPS) is 19.3. The zero-order valence-electron chi connectivity index (χ0n) is 10.7. The summed E-state index contributed by atoms with van der Waals surface area (Å²) in [6.07, 6.45) is 2.52. The molecule has 0 spiro atoms. The highest BCUT2D eigenvalue weighted by Gasteiger charge is 2.16. The van der Waals surface area contributed by atoms with Crippen LogP contribution in [0.3, 0.4) is 0 Å². The molecular weight excluding hydrogens is 250 g/mol. The Morgan fingerprint density at radius 3 is 3.26 bits per heavy atom. The van der Waals surface area contributed by atoms with Crippen molar-refractivity contribution in [1.82, 2.24) is 14.7 Å². The van der Waals surface area contributed by atoms with Gasteiger partial charge in [0.2, 0.25) is 0 Å². The van der Waals surface area contributed by atoms with E-state index in [2.05, 4.69) is 10.1 Å². The molecule has 0 radical (unpaired) electrons. The van der Waals surface area contributed by atoms with Crippen LogP contribution in [0.1, 0.15) is 12.1 Å². The van der Waals surface area contributed by atoms with Gasteiger partial charge >= 0.3 is 0 Å². The number of rotatable bonds is 4. The Bertz CT molecular complexity index is 627. The van der Waals surface area contributed by atoms with E-state index >= 15 is 0 Å². The van der Waals surface area contributed by atoms with Crippen LogP contribution in [0.25, 0.3) is 11.1 Å². The maximum absolute atomic E-state index is 12.2. The van der Waals surface area contributed by atoms with Gasteiger partial charge in [0.15, 0.2) is 0 Å². The second-order valence-electron chi connectivity index (χ2n) is 4.55. The first-order valence-electron chi connectivity index (χ1n) is 6.26. The Morgan fingerprint density at radius 2 is 2.47 bits per heavy atom. The maximum Gasteiger partial charge on any atom is 0.266 e. The highest BCUT2D eigenvalue weighted by Crippen LogP contribution is 2.10. The second kappa shape index (κ2) is 5.10. The summed E-state index contributed by atoms with van der Waals surface area (Å²) >= 11 is 0. The lowest BCUT2D eigenvalue weighted by atomic mass is 10.3. The average molecular weight is 265 g/mol. The number of aryl methyl sites for hydroxylation is 1. The first-order chi connectivity index (χ1) is 9.25. The van der Waals surface area contributed by atoms with E-state index in [9.17, 15) is 4.79 Å². The van der Waals surface area contributed by atoms with E-state index in [-0.39, 0.29) is 17.4 Å². The number of aromatic nitrogens is 3. The molecule has 3 rings (SSSR count). The molecule has 0 bridgehead atoms. The summed E-state index contributed by atoms with van der Waals surface area (Å²) in [5, 5.41) is 4.18. The van der Waals surface area contributed by atoms with Gasteiger partial charge in [0.1, 0.15) is 11.7 Å². The van der Waals surface area contributed by atoms with Crippen molar-refractivity contribution in [3.63, 3.8) is 0 Å². The molecule has 7 heteroatoms. The Labute approximate surface area is 109 Å². The zero-order chi connectivity index (χ0) is 13.2. The molecule has 19 heavy (non-hydrogen) atoms. The van der Waals surface area contributed by atoms with Gasteiger partial charge in [0.25, 0.3) is 11.3 Å². The molecule has 1 fully saturated rings. The third kappa shape index (κ3) is 2.39. The highest BCUT2D eigenvalue weighted by atomic mass is 16.5. The van der Waals surface area contributed by atoms with Crippen molar-refractivity contribution in [2.45, 2.75) is 26.0 Å². The van der Waals surface area contributed by atoms with Gasteiger partial charge in [0.05, 0.1) is 31.6 Å². The molecule has 2 aromatic heterocycles. The minimum atomic E-state index is -0.143. The first-order valence-corrected chi connectivity index (χ1v) is 6.26. The summed E-state index contributed by atoms with van der Waals surface area (Å²) in [5.74, 6) is 0. The van der Waals surface area contributed by atoms with Crippen molar-refractivity contribution in [3.05, 3.63) is 22.4 Å². The number of hydrogen-bond acceptors (Lipinski definition) is 6. The SMILES string of the molecule is Cc1noc2ncn(CCOC3CCOC3)c(=O)c12. The number of hydrogen-bond donors (Lipinski definition) is 0. The van der Waals surface area contributed by atoms with Gasteiger partial charge in [-0.05, 0) is 13.3 Å². The molecule has 0 aliphatic carbocycles. The fourth-order valence-electron chi connectivity index (χ4n) is 2.13. The van der Waals surface area contributed by atoms with Crippen LogP contribution in [-0.2, 0) is 16.0 Å². The standard InChI is InChI=1S/C12H15N3O4/c1-8-10-11(19-14-8)13-7-15(12(10)16)3-5-18-9-2-4-17-6-9/h7,9H,2-6H2,1H3. The summed E-state index contributed by atoms with van der Waals surface area (Å²) in [5.41, 5.74) is 0.700. The molecule has 1 unspecified atom stereocenters. The summed E-state index contributed by atoms with van der Waals surface area (Å²) in [7, 11) is 0. The van der Waals surface area contributed by atoms with Crippen molar-refractivity contribution in [2.24, 2.45) is 0 Å². The van der Waals surface area contributed by atoms with Crippen LogP contribution in [0.5, 0.6) is 0 Å². The molecule has 1 aliphatic heterocycles. The molecule has 0 N–H and O–H groups in total. The first kappa shape index (κ1) is 12.3. The van der Waals surface area contributed by atoms with Crippen molar-refractivity contribution in [2.75, 3.05) is 19.8 Å². The van der Waals surface area contributed by atoms with Crippen LogP contribution in [0.2, 0.25) is 0 Å². The van der Waals surface area contributed by atoms with E-state index in [1.165, 1.54) is 10.9 Å². The largest absolute Gasteiger partial charge is 0.379 e.